The normalized spacial score (nSPS) is 11.5. The molecule has 240 valence electrons. The summed E-state index contributed by atoms with van der Waals surface area (Å²) >= 11 is 0. The van der Waals surface area contributed by atoms with Gasteiger partial charge in [-0.25, -0.2) is 9.97 Å². The third-order valence-corrected chi connectivity index (χ3v) is 9.80. The number of hydrogen-bond acceptors (Lipinski definition) is 3. The Morgan fingerprint density at radius 3 is 1.25 bits per heavy atom. The van der Waals surface area contributed by atoms with Gasteiger partial charge in [-0.05, 0) is 78.4 Å². The first kappa shape index (κ1) is 29.0. The van der Waals surface area contributed by atoms with Crippen LogP contribution in [0.3, 0.4) is 0 Å². The van der Waals surface area contributed by atoms with Crippen molar-refractivity contribution in [2.75, 3.05) is 4.90 Å². The molecule has 0 saturated carbocycles. The molecule has 5 heteroatoms. The van der Waals surface area contributed by atoms with Gasteiger partial charge in [-0.2, -0.15) is 0 Å². The molecule has 0 atom stereocenters. The predicted molar refractivity (Wildman–Crippen MR) is 211 cm³/mol. The molecule has 0 aliphatic heterocycles. The Kier molecular flexibility index (Phi) is 6.74. The largest absolute Gasteiger partial charge is 0.309 e. The summed E-state index contributed by atoms with van der Waals surface area (Å²) in [5, 5.41) is 4.72. The van der Waals surface area contributed by atoms with Crippen molar-refractivity contribution >= 4 is 60.9 Å². The van der Waals surface area contributed by atoms with Gasteiger partial charge in [0, 0.05) is 62.3 Å². The Balaban J connectivity index is 1.20. The van der Waals surface area contributed by atoms with Crippen molar-refractivity contribution in [3.05, 3.63) is 188 Å². The van der Waals surface area contributed by atoms with Crippen molar-refractivity contribution < 1.29 is 0 Å². The molecule has 0 N–H and O–H groups in total. The van der Waals surface area contributed by atoms with Crippen LogP contribution in [0.1, 0.15) is 0 Å². The van der Waals surface area contributed by atoms with Crippen molar-refractivity contribution in [1.29, 1.82) is 0 Å². The fraction of sp³-hybridized carbons (Fsp3) is 0. The summed E-state index contributed by atoms with van der Waals surface area (Å²) in [7, 11) is 0. The quantitative estimate of drug-likeness (QED) is 0.179. The first-order chi connectivity index (χ1) is 25.3. The molecule has 3 heterocycles. The van der Waals surface area contributed by atoms with Crippen molar-refractivity contribution in [3.63, 3.8) is 0 Å². The lowest BCUT2D eigenvalue weighted by atomic mass is 10.1. The van der Waals surface area contributed by atoms with E-state index in [-0.39, 0.29) is 0 Å². The number of fused-ring (bicyclic) bond motifs is 6. The maximum atomic E-state index is 5.00. The van der Waals surface area contributed by atoms with E-state index in [0.29, 0.717) is 5.95 Å². The average molecular weight is 654 g/mol. The van der Waals surface area contributed by atoms with E-state index in [1.54, 1.807) is 0 Å². The van der Waals surface area contributed by atoms with E-state index in [1.807, 2.05) is 30.6 Å². The topological polar surface area (TPSA) is 38.9 Å². The Morgan fingerprint density at radius 1 is 0.353 bits per heavy atom. The van der Waals surface area contributed by atoms with Crippen LogP contribution in [-0.2, 0) is 0 Å². The van der Waals surface area contributed by atoms with Crippen LogP contribution < -0.4 is 4.90 Å². The van der Waals surface area contributed by atoms with Crippen LogP contribution in [0.25, 0.3) is 66.1 Å². The smallest absolute Gasteiger partial charge is 0.234 e. The number of para-hydroxylation sites is 4. The molecule has 10 rings (SSSR count). The molecule has 3 aromatic heterocycles. The lowest BCUT2D eigenvalue weighted by Gasteiger charge is -2.24. The van der Waals surface area contributed by atoms with Gasteiger partial charge in [-0.15, -0.1) is 0 Å². The lowest BCUT2D eigenvalue weighted by Crippen LogP contribution is -2.13. The van der Waals surface area contributed by atoms with Gasteiger partial charge >= 0.3 is 0 Å². The molecule has 7 aromatic carbocycles. The molecule has 0 aliphatic rings. The van der Waals surface area contributed by atoms with Gasteiger partial charge in [0.25, 0.3) is 0 Å². The summed E-state index contributed by atoms with van der Waals surface area (Å²) in [5.41, 5.74) is 10.9. The minimum Gasteiger partial charge on any atom is -0.309 e. The van der Waals surface area contributed by atoms with E-state index in [1.165, 1.54) is 32.6 Å². The standard InChI is InChI=1S/C46H31N5/c1-4-14-32(15-5-1)33-30-47-46(48-31-33)49(36-24-26-44-40(28-36)38-20-10-12-22-42(38)50(44)34-16-6-2-7-17-34)37-25-27-45-41(29-37)39-21-11-13-23-43(39)51(45)35-18-8-3-9-19-35/h1-31H. The fourth-order valence-electron chi connectivity index (χ4n) is 7.51. The van der Waals surface area contributed by atoms with Gasteiger partial charge in [-0.1, -0.05) is 103 Å². The Bertz CT molecular complexity index is 2680. The SMILES string of the molecule is c1ccc(-c2cnc(N(c3ccc4c(c3)c3ccccc3n4-c3ccccc3)c3ccc4c(c3)c3ccccc3n4-c3ccccc3)nc2)cc1. The highest BCUT2D eigenvalue weighted by atomic mass is 15.3. The molecule has 0 radical (unpaired) electrons. The van der Waals surface area contributed by atoms with Gasteiger partial charge in [0.15, 0.2) is 0 Å². The summed E-state index contributed by atoms with van der Waals surface area (Å²) in [6.45, 7) is 0. The number of nitrogens with zero attached hydrogens (tertiary/aromatic N) is 5. The Hall–Kier alpha value is -6.98. The fourth-order valence-corrected chi connectivity index (χ4v) is 7.51. The molecule has 0 spiro atoms. The molecule has 0 bridgehead atoms. The predicted octanol–water partition coefficient (Wildman–Crippen LogP) is 11.8. The molecule has 10 aromatic rings. The first-order valence-corrected chi connectivity index (χ1v) is 17.2. The molecule has 0 amide bonds. The van der Waals surface area contributed by atoms with Gasteiger partial charge in [0.2, 0.25) is 5.95 Å². The molecule has 0 aliphatic carbocycles. The number of benzene rings is 7. The van der Waals surface area contributed by atoms with Crippen LogP contribution in [0.15, 0.2) is 188 Å². The minimum atomic E-state index is 0.604. The van der Waals surface area contributed by atoms with E-state index in [2.05, 4.69) is 172 Å². The minimum absolute atomic E-state index is 0.604. The van der Waals surface area contributed by atoms with Crippen LogP contribution in [0.5, 0.6) is 0 Å². The average Bonchev–Trinajstić information content (AvgIpc) is 3.72. The van der Waals surface area contributed by atoms with Crippen LogP contribution in [0.4, 0.5) is 17.3 Å². The van der Waals surface area contributed by atoms with Crippen molar-refractivity contribution in [2.45, 2.75) is 0 Å². The number of rotatable bonds is 6. The van der Waals surface area contributed by atoms with Crippen molar-refractivity contribution in [3.8, 4) is 22.5 Å². The van der Waals surface area contributed by atoms with Crippen molar-refractivity contribution in [1.82, 2.24) is 19.1 Å². The molecule has 0 unspecified atom stereocenters. The number of anilines is 3. The second kappa shape index (κ2) is 11.9. The zero-order valence-corrected chi connectivity index (χ0v) is 27.6. The van der Waals surface area contributed by atoms with E-state index in [9.17, 15) is 0 Å². The molecule has 51 heavy (non-hydrogen) atoms. The molecular weight excluding hydrogens is 623 g/mol. The summed E-state index contributed by atoms with van der Waals surface area (Å²) in [5.74, 6) is 0.604. The van der Waals surface area contributed by atoms with Crippen LogP contribution in [0.2, 0.25) is 0 Å². The first-order valence-electron chi connectivity index (χ1n) is 17.2. The Morgan fingerprint density at radius 2 is 0.765 bits per heavy atom. The highest BCUT2D eigenvalue weighted by molar-refractivity contribution is 6.12. The monoisotopic (exact) mass is 653 g/mol. The second-order valence-corrected chi connectivity index (χ2v) is 12.8. The molecule has 0 saturated heterocycles. The summed E-state index contributed by atoms with van der Waals surface area (Å²) in [6.07, 6.45) is 3.84. The molecular formula is C46H31N5. The van der Waals surface area contributed by atoms with E-state index >= 15 is 0 Å². The van der Waals surface area contributed by atoms with Gasteiger partial charge < -0.3 is 9.13 Å². The van der Waals surface area contributed by atoms with Gasteiger partial charge in [-0.3, -0.25) is 4.90 Å². The maximum Gasteiger partial charge on any atom is 0.234 e. The highest BCUT2D eigenvalue weighted by Crippen LogP contribution is 2.41. The summed E-state index contributed by atoms with van der Waals surface area (Å²) < 4.78 is 4.68. The third kappa shape index (κ3) is 4.78. The van der Waals surface area contributed by atoms with Gasteiger partial charge in [0.05, 0.1) is 22.1 Å². The van der Waals surface area contributed by atoms with E-state index in [4.69, 9.17) is 9.97 Å². The zero-order valence-electron chi connectivity index (χ0n) is 27.6. The zero-order chi connectivity index (χ0) is 33.7. The van der Waals surface area contributed by atoms with Crippen LogP contribution in [0, 0.1) is 0 Å². The van der Waals surface area contributed by atoms with Gasteiger partial charge in [0.1, 0.15) is 0 Å². The highest BCUT2D eigenvalue weighted by Gasteiger charge is 2.21. The molecule has 5 nitrogen and oxygen atoms in total. The molecule has 0 fully saturated rings. The van der Waals surface area contributed by atoms with E-state index < -0.39 is 0 Å². The number of aromatic nitrogens is 4. The van der Waals surface area contributed by atoms with Crippen LogP contribution >= 0.6 is 0 Å². The maximum absolute atomic E-state index is 5.00. The third-order valence-electron chi connectivity index (χ3n) is 9.80. The van der Waals surface area contributed by atoms with Crippen molar-refractivity contribution in [2.24, 2.45) is 0 Å². The summed E-state index contributed by atoms with van der Waals surface area (Å²) in [4.78, 5) is 12.2. The summed E-state index contributed by atoms with van der Waals surface area (Å²) in [6, 6.07) is 62.0. The second-order valence-electron chi connectivity index (χ2n) is 12.8. The van der Waals surface area contributed by atoms with E-state index in [0.717, 1.165) is 44.9 Å². The van der Waals surface area contributed by atoms with Crippen LogP contribution in [-0.4, -0.2) is 19.1 Å². The Labute approximate surface area is 294 Å². The lowest BCUT2D eigenvalue weighted by molar-refractivity contribution is 1.08. The number of hydrogen-bond donors (Lipinski definition) is 0.